The molecule has 1 aromatic rings. The molecule has 2 atom stereocenters. The number of ether oxygens (including phenoxy) is 1. The molecule has 0 spiro atoms. The fourth-order valence-electron chi connectivity index (χ4n) is 2.30. The van der Waals surface area contributed by atoms with Crippen LogP contribution in [0.1, 0.15) is 18.1 Å². The Kier molecular flexibility index (Phi) is 5.78. The largest absolute Gasteiger partial charge is 0.394 e. The molecule has 1 heterocycles. The maximum absolute atomic E-state index is 10.2. The molecule has 1 fully saturated rings. The van der Waals surface area contributed by atoms with Crippen molar-refractivity contribution in [1.82, 2.24) is 4.90 Å². The molecule has 1 aliphatic rings. The summed E-state index contributed by atoms with van der Waals surface area (Å²) in [6, 6.07) is 7.74. The maximum Gasteiger partial charge on any atom is 0.0932 e. The molecule has 0 aliphatic carbocycles. The summed E-state index contributed by atoms with van der Waals surface area (Å²) in [6.07, 6.45) is 0.126. The van der Waals surface area contributed by atoms with Crippen molar-refractivity contribution in [2.75, 3.05) is 32.8 Å². The van der Waals surface area contributed by atoms with E-state index in [-0.39, 0.29) is 12.7 Å². The Balaban J connectivity index is 1.83. The summed E-state index contributed by atoms with van der Waals surface area (Å²) in [7, 11) is 0. The fraction of sp³-hybridized carbons (Fsp3) is 0.571. The van der Waals surface area contributed by atoms with Gasteiger partial charge in [0.25, 0.3) is 0 Å². The normalized spacial score (nSPS) is 22.4. The van der Waals surface area contributed by atoms with E-state index in [0.29, 0.717) is 13.0 Å². The van der Waals surface area contributed by atoms with Crippen LogP contribution in [0.25, 0.3) is 0 Å². The summed E-state index contributed by atoms with van der Waals surface area (Å²) in [4.78, 5) is 2.23. The molecular weight excluding hydrogens is 310 g/mol. The predicted octanol–water partition coefficient (Wildman–Crippen LogP) is 1.57. The summed E-state index contributed by atoms with van der Waals surface area (Å²) >= 11 is 3.46. The third-order valence-corrected chi connectivity index (χ3v) is 4.13. The van der Waals surface area contributed by atoms with E-state index in [1.54, 1.807) is 0 Å². The summed E-state index contributed by atoms with van der Waals surface area (Å²) in [5.74, 6) is 0. The van der Waals surface area contributed by atoms with Gasteiger partial charge < -0.3 is 14.9 Å². The minimum absolute atomic E-state index is 0.0588. The van der Waals surface area contributed by atoms with Crippen LogP contribution in [0.4, 0.5) is 0 Å². The number of hydrogen-bond acceptors (Lipinski definition) is 4. The van der Waals surface area contributed by atoms with Crippen LogP contribution in [0.3, 0.4) is 0 Å². The average Bonchev–Trinajstić information content (AvgIpc) is 2.45. The minimum atomic E-state index is -0.467. The van der Waals surface area contributed by atoms with Crippen LogP contribution in [0, 0.1) is 0 Å². The first kappa shape index (κ1) is 14.9. The summed E-state index contributed by atoms with van der Waals surface area (Å²) in [6.45, 7) is 3.11. The van der Waals surface area contributed by atoms with Gasteiger partial charge in [-0.1, -0.05) is 34.1 Å². The van der Waals surface area contributed by atoms with Gasteiger partial charge in [-0.05, 0) is 18.1 Å². The highest BCUT2D eigenvalue weighted by Crippen LogP contribution is 2.25. The van der Waals surface area contributed by atoms with E-state index < -0.39 is 6.10 Å². The monoisotopic (exact) mass is 329 g/mol. The Morgan fingerprint density at radius 3 is 2.95 bits per heavy atom. The van der Waals surface area contributed by atoms with Crippen molar-refractivity contribution < 1.29 is 14.9 Å². The Morgan fingerprint density at radius 2 is 2.21 bits per heavy atom. The van der Waals surface area contributed by atoms with Crippen LogP contribution in [-0.2, 0) is 4.74 Å². The minimum Gasteiger partial charge on any atom is -0.394 e. The molecular formula is C14H20BrNO3. The number of aliphatic hydroxyl groups excluding tert-OH is 2. The molecule has 0 amide bonds. The lowest BCUT2D eigenvalue weighted by Gasteiger charge is -2.32. The Morgan fingerprint density at radius 1 is 1.42 bits per heavy atom. The molecule has 0 bridgehead atoms. The topological polar surface area (TPSA) is 52.9 Å². The second-order valence-electron chi connectivity index (χ2n) is 4.80. The average molecular weight is 330 g/mol. The van der Waals surface area contributed by atoms with Crippen molar-refractivity contribution in [3.63, 3.8) is 0 Å². The van der Waals surface area contributed by atoms with E-state index in [4.69, 9.17) is 9.84 Å². The van der Waals surface area contributed by atoms with E-state index in [9.17, 15) is 5.11 Å². The van der Waals surface area contributed by atoms with E-state index in [1.165, 1.54) is 0 Å². The zero-order chi connectivity index (χ0) is 13.7. The van der Waals surface area contributed by atoms with Crippen LogP contribution >= 0.6 is 15.9 Å². The molecule has 4 nitrogen and oxygen atoms in total. The van der Waals surface area contributed by atoms with Gasteiger partial charge in [0, 0.05) is 24.1 Å². The van der Waals surface area contributed by atoms with Gasteiger partial charge in [-0.15, -0.1) is 0 Å². The quantitative estimate of drug-likeness (QED) is 0.860. The molecule has 1 aliphatic heterocycles. The highest BCUT2D eigenvalue weighted by atomic mass is 79.9. The Labute approximate surface area is 122 Å². The third kappa shape index (κ3) is 4.26. The molecule has 106 valence electrons. The highest BCUT2D eigenvalue weighted by Gasteiger charge is 2.20. The number of rotatable bonds is 5. The zero-order valence-electron chi connectivity index (χ0n) is 10.8. The molecule has 1 saturated heterocycles. The van der Waals surface area contributed by atoms with Crippen LogP contribution in [-0.4, -0.2) is 54.1 Å². The van der Waals surface area contributed by atoms with Gasteiger partial charge in [0.05, 0.1) is 25.4 Å². The van der Waals surface area contributed by atoms with Gasteiger partial charge >= 0.3 is 0 Å². The van der Waals surface area contributed by atoms with Gasteiger partial charge in [0.2, 0.25) is 0 Å². The number of nitrogens with zero attached hydrogens (tertiary/aromatic N) is 1. The molecule has 19 heavy (non-hydrogen) atoms. The molecule has 2 rings (SSSR count). The van der Waals surface area contributed by atoms with Crippen LogP contribution in [0.15, 0.2) is 28.7 Å². The van der Waals surface area contributed by atoms with E-state index >= 15 is 0 Å². The van der Waals surface area contributed by atoms with Crippen LogP contribution < -0.4 is 0 Å². The SMILES string of the molecule is OCC1CN(CCC(O)c2ccccc2Br)CCO1. The van der Waals surface area contributed by atoms with E-state index in [2.05, 4.69) is 20.8 Å². The standard InChI is InChI=1S/C14H20BrNO3/c15-13-4-2-1-3-12(13)14(18)5-6-16-7-8-19-11(9-16)10-17/h1-4,11,14,17-18H,5-10H2. The van der Waals surface area contributed by atoms with Crippen molar-refractivity contribution in [3.05, 3.63) is 34.3 Å². The molecule has 0 radical (unpaired) electrons. The van der Waals surface area contributed by atoms with Gasteiger partial charge in [-0.2, -0.15) is 0 Å². The maximum atomic E-state index is 10.2. The van der Waals surface area contributed by atoms with Crippen LogP contribution in [0.5, 0.6) is 0 Å². The van der Waals surface area contributed by atoms with Crippen molar-refractivity contribution in [2.45, 2.75) is 18.6 Å². The van der Waals surface area contributed by atoms with E-state index in [1.807, 2.05) is 24.3 Å². The second kappa shape index (κ2) is 7.36. The Hall–Kier alpha value is -0.460. The molecule has 0 aromatic heterocycles. The lowest BCUT2D eigenvalue weighted by atomic mass is 10.1. The molecule has 0 saturated carbocycles. The van der Waals surface area contributed by atoms with Gasteiger partial charge in [-0.25, -0.2) is 0 Å². The first-order chi connectivity index (χ1) is 9.20. The van der Waals surface area contributed by atoms with Crippen molar-refractivity contribution in [3.8, 4) is 0 Å². The first-order valence-corrected chi connectivity index (χ1v) is 7.37. The lowest BCUT2D eigenvalue weighted by Crippen LogP contribution is -2.44. The first-order valence-electron chi connectivity index (χ1n) is 6.58. The summed E-state index contributed by atoms with van der Waals surface area (Å²) < 4.78 is 6.35. The number of aliphatic hydroxyl groups is 2. The lowest BCUT2D eigenvalue weighted by molar-refractivity contribution is -0.0551. The number of benzene rings is 1. The smallest absolute Gasteiger partial charge is 0.0932 e. The molecule has 2 N–H and O–H groups in total. The number of hydrogen-bond donors (Lipinski definition) is 2. The third-order valence-electron chi connectivity index (χ3n) is 3.41. The van der Waals surface area contributed by atoms with Gasteiger partial charge in [-0.3, -0.25) is 4.90 Å². The van der Waals surface area contributed by atoms with Crippen molar-refractivity contribution in [1.29, 1.82) is 0 Å². The molecule has 1 aromatic carbocycles. The fourth-order valence-corrected chi connectivity index (χ4v) is 2.85. The van der Waals surface area contributed by atoms with Gasteiger partial charge in [0.15, 0.2) is 0 Å². The second-order valence-corrected chi connectivity index (χ2v) is 5.66. The van der Waals surface area contributed by atoms with Crippen LogP contribution in [0.2, 0.25) is 0 Å². The molecule has 2 unspecified atom stereocenters. The van der Waals surface area contributed by atoms with Gasteiger partial charge in [0.1, 0.15) is 0 Å². The van der Waals surface area contributed by atoms with Crippen molar-refractivity contribution >= 4 is 15.9 Å². The Bertz CT molecular complexity index is 402. The summed E-state index contributed by atoms with van der Waals surface area (Å²) in [5.41, 5.74) is 0.925. The number of halogens is 1. The highest BCUT2D eigenvalue weighted by molar-refractivity contribution is 9.10. The molecule has 5 heteroatoms. The van der Waals surface area contributed by atoms with Crippen molar-refractivity contribution in [2.24, 2.45) is 0 Å². The summed E-state index contributed by atoms with van der Waals surface area (Å²) in [5, 5.41) is 19.3. The number of morpholine rings is 1. The predicted molar refractivity (Wildman–Crippen MR) is 77.0 cm³/mol. The van der Waals surface area contributed by atoms with E-state index in [0.717, 1.165) is 29.7 Å². The zero-order valence-corrected chi connectivity index (χ0v) is 12.4.